The van der Waals surface area contributed by atoms with Crippen molar-refractivity contribution in [3.63, 3.8) is 0 Å². The van der Waals surface area contributed by atoms with Gasteiger partial charge in [0.15, 0.2) is 0 Å². The van der Waals surface area contributed by atoms with Gasteiger partial charge in [-0.15, -0.1) is 0 Å². The van der Waals surface area contributed by atoms with Gasteiger partial charge in [-0.3, -0.25) is 10.1 Å². The third-order valence-electron chi connectivity index (χ3n) is 2.90. The summed E-state index contributed by atoms with van der Waals surface area (Å²) in [6.45, 7) is 1.81. The summed E-state index contributed by atoms with van der Waals surface area (Å²) in [6, 6.07) is 9.23. The van der Waals surface area contributed by atoms with E-state index in [0.717, 1.165) is 0 Å². The first-order valence-electron chi connectivity index (χ1n) is 5.80. The molecule has 104 valence electrons. The number of nitro groups is 1. The van der Waals surface area contributed by atoms with Crippen molar-refractivity contribution in [2.45, 2.75) is 13.5 Å². The summed E-state index contributed by atoms with van der Waals surface area (Å²) in [6.07, 6.45) is 0. The molecule has 20 heavy (non-hydrogen) atoms. The Labute approximate surface area is 123 Å². The van der Waals surface area contributed by atoms with E-state index in [1.807, 2.05) is 0 Å². The van der Waals surface area contributed by atoms with Crippen LogP contribution in [0, 0.1) is 22.9 Å². The van der Waals surface area contributed by atoms with Crippen LogP contribution < -0.4 is 4.74 Å². The Morgan fingerprint density at radius 1 is 1.35 bits per heavy atom. The van der Waals surface area contributed by atoms with Crippen molar-refractivity contribution in [1.82, 2.24) is 0 Å². The van der Waals surface area contributed by atoms with Crippen LogP contribution in [0.1, 0.15) is 11.1 Å². The molecule has 0 unspecified atom stereocenters. The van der Waals surface area contributed by atoms with Gasteiger partial charge in [0.05, 0.1) is 9.40 Å². The van der Waals surface area contributed by atoms with Gasteiger partial charge in [0.25, 0.3) is 5.69 Å². The third kappa shape index (κ3) is 3.14. The lowest BCUT2D eigenvalue weighted by Gasteiger charge is -2.09. The number of benzene rings is 2. The van der Waals surface area contributed by atoms with Crippen molar-refractivity contribution in [3.05, 3.63) is 67.9 Å². The van der Waals surface area contributed by atoms with E-state index in [1.165, 1.54) is 12.1 Å². The molecule has 0 aliphatic heterocycles. The molecular weight excluding hydrogens is 329 g/mol. The zero-order valence-electron chi connectivity index (χ0n) is 10.6. The molecule has 0 radical (unpaired) electrons. The van der Waals surface area contributed by atoms with Crippen molar-refractivity contribution >= 4 is 21.6 Å². The van der Waals surface area contributed by atoms with E-state index in [-0.39, 0.29) is 12.3 Å². The van der Waals surface area contributed by atoms with Gasteiger partial charge < -0.3 is 4.74 Å². The molecule has 0 aliphatic rings. The zero-order valence-corrected chi connectivity index (χ0v) is 12.2. The molecule has 0 atom stereocenters. The average Bonchev–Trinajstić information content (AvgIpc) is 2.41. The number of nitro benzene ring substituents is 1. The van der Waals surface area contributed by atoms with Crippen LogP contribution in [0.2, 0.25) is 0 Å². The van der Waals surface area contributed by atoms with Crippen LogP contribution in [0.3, 0.4) is 0 Å². The van der Waals surface area contributed by atoms with Crippen LogP contribution in [-0.2, 0) is 6.61 Å². The topological polar surface area (TPSA) is 52.4 Å². The molecule has 0 spiro atoms. The average molecular weight is 340 g/mol. The summed E-state index contributed by atoms with van der Waals surface area (Å²) >= 11 is 3.06. The molecule has 0 heterocycles. The first-order chi connectivity index (χ1) is 9.49. The fourth-order valence-electron chi connectivity index (χ4n) is 1.75. The Balaban J connectivity index is 2.17. The monoisotopic (exact) mass is 339 g/mol. The van der Waals surface area contributed by atoms with Crippen LogP contribution in [0.4, 0.5) is 10.1 Å². The number of hydrogen-bond donors (Lipinski definition) is 0. The summed E-state index contributed by atoms with van der Waals surface area (Å²) in [5.41, 5.74) is 1.30. The molecular formula is C14H11BrFNO3. The molecule has 0 amide bonds. The highest BCUT2D eigenvalue weighted by Crippen LogP contribution is 2.24. The molecule has 2 aromatic carbocycles. The summed E-state index contributed by atoms with van der Waals surface area (Å²) in [5.74, 6) is -0.0464. The van der Waals surface area contributed by atoms with E-state index < -0.39 is 10.7 Å². The van der Waals surface area contributed by atoms with Gasteiger partial charge in [-0.05, 0) is 40.5 Å². The standard InChI is InChI=1S/C14H11BrFNO3/c1-9-10(3-2-4-14(9)17(18)19)8-20-11-5-6-12(15)13(16)7-11/h2-7H,8H2,1H3. The number of rotatable bonds is 4. The molecule has 6 heteroatoms. The van der Waals surface area contributed by atoms with Crippen LogP contribution >= 0.6 is 15.9 Å². The van der Waals surface area contributed by atoms with Crippen LogP contribution in [0.15, 0.2) is 40.9 Å². The number of halogens is 2. The van der Waals surface area contributed by atoms with Gasteiger partial charge in [-0.25, -0.2) is 4.39 Å². The third-order valence-corrected chi connectivity index (χ3v) is 3.54. The van der Waals surface area contributed by atoms with Gasteiger partial charge in [-0.1, -0.05) is 12.1 Å². The maximum atomic E-state index is 13.3. The fourth-order valence-corrected chi connectivity index (χ4v) is 2.00. The van der Waals surface area contributed by atoms with Gasteiger partial charge in [0, 0.05) is 17.7 Å². The highest BCUT2D eigenvalue weighted by molar-refractivity contribution is 9.10. The summed E-state index contributed by atoms with van der Waals surface area (Å²) in [7, 11) is 0. The fraction of sp³-hybridized carbons (Fsp3) is 0.143. The highest BCUT2D eigenvalue weighted by Gasteiger charge is 2.13. The van der Waals surface area contributed by atoms with Crippen LogP contribution in [0.5, 0.6) is 5.75 Å². The molecule has 2 aromatic rings. The second-order valence-electron chi connectivity index (χ2n) is 4.18. The molecule has 4 nitrogen and oxygen atoms in total. The number of hydrogen-bond acceptors (Lipinski definition) is 3. The molecule has 0 saturated carbocycles. The summed E-state index contributed by atoms with van der Waals surface area (Å²) in [5, 5.41) is 10.8. The first kappa shape index (κ1) is 14.5. The van der Waals surface area contributed by atoms with E-state index in [0.29, 0.717) is 21.3 Å². The smallest absolute Gasteiger partial charge is 0.272 e. The van der Waals surface area contributed by atoms with Crippen molar-refractivity contribution in [2.75, 3.05) is 0 Å². The minimum absolute atomic E-state index is 0.0492. The van der Waals surface area contributed by atoms with Crippen molar-refractivity contribution in [2.24, 2.45) is 0 Å². The normalized spacial score (nSPS) is 10.3. The molecule has 0 N–H and O–H groups in total. The van der Waals surface area contributed by atoms with E-state index in [4.69, 9.17) is 4.74 Å². The van der Waals surface area contributed by atoms with Gasteiger partial charge in [0.1, 0.15) is 18.2 Å². The lowest BCUT2D eigenvalue weighted by molar-refractivity contribution is -0.385. The van der Waals surface area contributed by atoms with Crippen LogP contribution in [0.25, 0.3) is 0 Å². The lowest BCUT2D eigenvalue weighted by atomic mass is 10.1. The first-order valence-corrected chi connectivity index (χ1v) is 6.59. The predicted molar refractivity (Wildman–Crippen MR) is 76.3 cm³/mol. The zero-order chi connectivity index (χ0) is 14.7. The lowest BCUT2D eigenvalue weighted by Crippen LogP contribution is -2.01. The minimum Gasteiger partial charge on any atom is -0.489 e. The number of nitrogens with zero attached hydrogens (tertiary/aromatic N) is 1. The van der Waals surface area contributed by atoms with E-state index in [9.17, 15) is 14.5 Å². The highest BCUT2D eigenvalue weighted by atomic mass is 79.9. The maximum Gasteiger partial charge on any atom is 0.272 e. The summed E-state index contributed by atoms with van der Waals surface area (Å²) in [4.78, 5) is 10.4. The minimum atomic E-state index is -0.432. The second kappa shape index (κ2) is 6.00. The Morgan fingerprint density at radius 2 is 2.10 bits per heavy atom. The molecule has 2 rings (SSSR count). The van der Waals surface area contributed by atoms with Crippen LogP contribution in [-0.4, -0.2) is 4.92 Å². The molecule has 0 bridgehead atoms. The van der Waals surface area contributed by atoms with E-state index in [2.05, 4.69) is 15.9 Å². The Hall–Kier alpha value is -1.95. The molecule has 0 fully saturated rings. The van der Waals surface area contributed by atoms with Gasteiger partial charge in [-0.2, -0.15) is 0 Å². The second-order valence-corrected chi connectivity index (χ2v) is 5.04. The summed E-state index contributed by atoms with van der Waals surface area (Å²) < 4.78 is 19.2. The van der Waals surface area contributed by atoms with Gasteiger partial charge in [0.2, 0.25) is 0 Å². The van der Waals surface area contributed by atoms with Crippen molar-refractivity contribution < 1.29 is 14.1 Å². The SMILES string of the molecule is Cc1c(COc2ccc(Br)c(F)c2)cccc1[N+](=O)[O-]. The molecule has 0 aromatic heterocycles. The van der Waals surface area contributed by atoms with E-state index in [1.54, 1.807) is 31.2 Å². The molecule has 0 saturated heterocycles. The largest absolute Gasteiger partial charge is 0.489 e. The van der Waals surface area contributed by atoms with E-state index >= 15 is 0 Å². The quantitative estimate of drug-likeness (QED) is 0.613. The Kier molecular flexibility index (Phi) is 4.34. The van der Waals surface area contributed by atoms with Crippen molar-refractivity contribution in [1.29, 1.82) is 0 Å². The van der Waals surface area contributed by atoms with Crippen molar-refractivity contribution in [3.8, 4) is 5.75 Å². The number of ether oxygens (including phenoxy) is 1. The Bertz CT molecular complexity index is 661. The Morgan fingerprint density at radius 3 is 2.75 bits per heavy atom. The van der Waals surface area contributed by atoms with Gasteiger partial charge >= 0.3 is 0 Å². The molecule has 0 aliphatic carbocycles. The maximum absolute atomic E-state index is 13.3. The predicted octanol–water partition coefficient (Wildman–Crippen LogP) is 4.38.